The van der Waals surface area contributed by atoms with E-state index in [0.29, 0.717) is 5.56 Å². The summed E-state index contributed by atoms with van der Waals surface area (Å²) in [6.07, 6.45) is 1.49. The summed E-state index contributed by atoms with van der Waals surface area (Å²) in [5.41, 5.74) is 0.948. The number of nitro benzene ring substituents is 1. The van der Waals surface area contributed by atoms with Crippen molar-refractivity contribution >= 4 is 76.6 Å². The quantitative estimate of drug-likeness (QED) is 0.119. The van der Waals surface area contributed by atoms with Gasteiger partial charge in [-0.15, -0.1) is 0 Å². The van der Waals surface area contributed by atoms with Crippen LogP contribution in [0.4, 0.5) is 10.5 Å². The molecule has 1 aliphatic heterocycles. The molecule has 0 bridgehead atoms. The Balaban J connectivity index is 1.59. The number of amides is 2. The van der Waals surface area contributed by atoms with E-state index in [2.05, 4.69) is 31.9 Å². The molecule has 0 spiro atoms. The van der Waals surface area contributed by atoms with Gasteiger partial charge in [0.2, 0.25) is 0 Å². The van der Waals surface area contributed by atoms with Gasteiger partial charge in [0.05, 0.1) is 28.0 Å². The zero-order chi connectivity index (χ0) is 27.6. The standard InChI is InChI=1S/C24H16Br2N2O8S2/c1-35-20-11-14(12-21-23(29)27(24(30)37-21)13-15-4-2-3-5-18(15)25)10-19(26)22(20)36-38(33,34)17-8-6-16(7-9-17)28(31)32/h2-12H,13H2,1H3/b21-12-. The minimum atomic E-state index is -4.36. The molecule has 3 aromatic rings. The molecule has 2 amide bonds. The third kappa shape index (κ3) is 5.93. The first kappa shape index (κ1) is 27.8. The number of nitrogens with zero attached hydrogens (tertiary/aromatic N) is 2. The molecule has 0 aliphatic carbocycles. The summed E-state index contributed by atoms with van der Waals surface area (Å²) in [5.74, 6) is -0.597. The Morgan fingerprint density at radius 2 is 1.74 bits per heavy atom. The molecule has 10 nitrogen and oxygen atoms in total. The van der Waals surface area contributed by atoms with Crippen LogP contribution in [-0.4, -0.2) is 36.5 Å². The number of thioether (sulfide) groups is 1. The molecule has 1 aliphatic rings. The predicted octanol–water partition coefficient (Wildman–Crippen LogP) is 6.13. The second kappa shape index (κ2) is 11.3. The number of hydrogen-bond donors (Lipinski definition) is 0. The highest BCUT2D eigenvalue weighted by Crippen LogP contribution is 2.41. The van der Waals surface area contributed by atoms with Crippen LogP contribution in [0.25, 0.3) is 6.08 Å². The summed E-state index contributed by atoms with van der Waals surface area (Å²) in [6, 6.07) is 14.4. The zero-order valence-corrected chi connectivity index (χ0v) is 24.1. The summed E-state index contributed by atoms with van der Waals surface area (Å²) in [7, 11) is -3.06. The molecule has 0 saturated carbocycles. The molecule has 1 saturated heterocycles. The fourth-order valence-corrected chi connectivity index (χ4v) is 6.23. The van der Waals surface area contributed by atoms with E-state index in [-0.39, 0.29) is 38.0 Å². The maximum absolute atomic E-state index is 13.0. The van der Waals surface area contributed by atoms with E-state index in [1.54, 1.807) is 0 Å². The van der Waals surface area contributed by atoms with Gasteiger partial charge >= 0.3 is 10.1 Å². The maximum Gasteiger partial charge on any atom is 0.339 e. The number of benzene rings is 3. The highest BCUT2D eigenvalue weighted by Gasteiger charge is 2.35. The highest BCUT2D eigenvalue weighted by atomic mass is 79.9. The van der Waals surface area contributed by atoms with E-state index in [1.165, 1.54) is 25.3 Å². The van der Waals surface area contributed by atoms with Crippen LogP contribution in [0.3, 0.4) is 0 Å². The Labute approximate surface area is 238 Å². The Morgan fingerprint density at radius 1 is 1.05 bits per heavy atom. The zero-order valence-electron chi connectivity index (χ0n) is 19.3. The second-order valence-corrected chi connectivity index (χ2v) is 11.9. The second-order valence-electron chi connectivity index (χ2n) is 7.68. The van der Waals surface area contributed by atoms with Crippen LogP contribution in [0.15, 0.2) is 79.4 Å². The average molecular weight is 684 g/mol. The van der Waals surface area contributed by atoms with Crippen LogP contribution in [-0.2, 0) is 21.5 Å². The van der Waals surface area contributed by atoms with Gasteiger partial charge in [0.15, 0.2) is 11.5 Å². The van der Waals surface area contributed by atoms with Crippen LogP contribution in [0.1, 0.15) is 11.1 Å². The van der Waals surface area contributed by atoms with Gasteiger partial charge in [0.1, 0.15) is 4.90 Å². The minimum Gasteiger partial charge on any atom is -0.493 e. The molecule has 0 atom stereocenters. The number of nitro groups is 1. The van der Waals surface area contributed by atoms with Crippen molar-refractivity contribution in [3.8, 4) is 11.5 Å². The fourth-order valence-electron chi connectivity index (χ4n) is 3.38. The third-order valence-electron chi connectivity index (χ3n) is 5.24. The lowest BCUT2D eigenvalue weighted by atomic mass is 10.1. The normalized spacial score (nSPS) is 14.7. The molecule has 3 aromatic carbocycles. The number of rotatable bonds is 8. The molecule has 1 heterocycles. The van der Waals surface area contributed by atoms with Crippen LogP contribution in [0, 0.1) is 10.1 Å². The van der Waals surface area contributed by atoms with Crippen molar-refractivity contribution in [2.24, 2.45) is 0 Å². The predicted molar refractivity (Wildman–Crippen MR) is 147 cm³/mol. The van der Waals surface area contributed by atoms with E-state index in [9.17, 15) is 28.1 Å². The smallest absolute Gasteiger partial charge is 0.339 e. The molecule has 38 heavy (non-hydrogen) atoms. The van der Waals surface area contributed by atoms with Gasteiger partial charge in [-0.3, -0.25) is 24.6 Å². The number of imide groups is 1. The number of carbonyl (C=O) groups is 2. The lowest BCUT2D eigenvalue weighted by Crippen LogP contribution is -2.27. The topological polar surface area (TPSA) is 133 Å². The summed E-state index contributed by atoms with van der Waals surface area (Å²) in [5, 5.41) is 10.4. The summed E-state index contributed by atoms with van der Waals surface area (Å²) < 4.78 is 37.1. The molecule has 0 aromatic heterocycles. The van der Waals surface area contributed by atoms with Crippen LogP contribution < -0.4 is 8.92 Å². The Bertz CT molecular complexity index is 1590. The van der Waals surface area contributed by atoms with E-state index in [0.717, 1.165) is 51.0 Å². The van der Waals surface area contributed by atoms with E-state index in [4.69, 9.17) is 8.92 Å². The molecule has 0 N–H and O–H groups in total. The Morgan fingerprint density at radius 3 is 2.37 bits per heavy atom. The molecule has 4 rings (SSSR count). The molecule has 1 fully saturated rings. The number of carbonyl (C=O) groups excluding carboxylic acids is 2. The molecule has 14 heteroatoms. The molecule has 0 unspecified atom stereocenters. The van der Waals surface area contributed by atoms with E-state index in [1.807, 2.05) is 24.3 Å². The van der Waals surface area contributed by atoms with Crippen molar-refractivity contribution in [3.05, 3.63) is 95.8 Å². The van der Waals surface area contributed by atoms with Crippen LogP contribution in [0.5, 0.6) is 11.5 Å². The van der Waals surface area contributed by atoms with Crippen molar-refractivity contribution in [1.29, 1.82) is 0 Å². The van der Waals surface area contributed by atoms with Crippen molar-refractivity contribution in [2.45, 2.75) is 11.4 Å². The van der Waals surface area contributed by atoms with Crippen LogP contribution in [0.2, 0.25) is 0 Å². The molecule has 0 radical (unpaired) electrons. The van der Waals surface area contributed by atoms with Gasteiger partial charge in [-0.1, -0.05) is 34.1 Å². The van der Waals surface area contributed by atoms with Crippen molar-refractivity contribution < 1.29 is 31.9 Å². The Kier molecular flexibility index (Phi) is 8.25. The van der Waals surface area contributed by atoms with Crippen molar-refractivity contribution in [1.82, 2.24) is 4.90 Å². The van der Waals surface area contributed by atoms with Gasteiger partial charge in [-0.05, 0) is 75.2 Å². The highest BCUT2D eigenvalue weighted by molar-refractivity contribution is 9.10. The number of halogens is 2. The number of methoxy groups -OCH3 is 1. The van der Waals surface area contributed by atoms with E-state index >= 15 is 0 Å². The van der Waals surface area contributed by atoms with E-state index < -0.39 is 26.2 Å². The largest absolute Gasteiger partial charge is 0.493 e. The summed E-state index contributed by atoms with van der Waals surface area (Å²) in [4.78, 5) is 36.7. The van der Waals surface area contributed by atoms with Gasteiger partial charge in [-0.2, -0.15) is 8.42 Å². The summed E-state index contributed by atoms with van der Waals surface area (Å²) >= 11 is 7.48. The van der Waals surface area contributed by atoms with Crippen molar-refractivity contribution in [3.63, 3.8) is 0 Å². The number of ether oxygens (including phenoxy) is 1. The molecular formula is C24H16Br2N2O8S2. The van der Waals surface area contributed by atoms with Gasteiger partial charge in [0.25, 0.3) is 16.8 Å². The van der Waals surface area contributed by atoms with Crippen LogP contribution >= 0.6 is 43.6 Å². The number of non-ortho nitro benzene ring substituents is 1. The summed E-state index contributed by atoms with van der Waals surface area (Å²) in [6.45, 7) is 0.101. The first-order chi connectivity index (χ1) is 18.0. The van der Waals surface area contributed by atoms with Crippen molar-refractivity contribution in [2.75, 3.05) is 7.11 Å². The lowest BCUT2D eigenvalue weighted by Gasteiger charge is -2.14. The molecule has 196 valence electrons. The lowest BCUT2D eigenvalue weighted by molar-refractivity contribution is -0.384. The number of hydrogen-bond acceptors (Lipinski definition) is 9. The first-order valence-electron chi connectivity index (χ1n) is 10.6. The SMILES string of the molecule is COc1cc(/C=C2\SC(=O)N(Cc3ccccc3Br)C2=O)cc(Br)c1OS(=O)(=O)c1ccc([N+](=O)[O-])cc1. The maximum atomic E-state index is 13.0. The third-order valence-corrected chi connectivity index (χ3v) is 8.74. The van der Waals surface area contributed by atoms with Gasteiger partial charge < -0.3 is 8.92 Å². The van der Waals surface area contributed by atoms with Gasteiger partial charge in [0, 0.05) is 16.6 Å². The first-order valence-corrected chi connectivity index (χ1v) is 14.4. The van der Waals surface area contributed by atoms with Gasteiger partial charge in [-0.25, -0.2) is 0 Å². The fraction of sp³-hybridized carbons (Fsp3) is 0.0833. The Hall–Kier alpha value is -3.20. The minimum absolute atomic E-state index is 0.0311. The average Bonchev–Trinajstić information content (AvgIpc) is 3.14. The molecular weight excluding hydrogens is 668 g/mol. The monoisotopic (exact) mass is 682 g/mol.